The van der Waals surface area contributed by atoms with Crippen molar-refractivity contribution in [2.45, 2.75) is 25.6 Å². The molecule has 0 N–H and O–H groups in total. The Balaban J connectivity index is 1.82. The number of carbonyl (C=O) groups excluding carboxylic acids is 1. The SMILES string of the molecule is COc1cccc(-c2ccc(=O)n(C(C)C(=O)Cc3ccc(C(F)(F)F)cc3)n2)n1. The summed E-state index contributed by atoms with van der Waals surface area (Å²) in [4.78, 5) is 29.2. The van der Waals surface area contributed by atoms with Gasteiger partial charge < -0.3 is 4.74 Å². The molecule has 2 heterocycles. The van der Waals surface area contributed by atoms with Gasteiger partial charge in [-0.05, 0) is 36.8 Å². The molecule has 0 aliphatic carbocycles. The summed E-state index contributed by atoms with van der Waals surface area (Å²) in [5.41, 5.74) is -0.00951. The van der Waals surface area contributed by atoms with E-state index >= 15 is 0 Å². The summed E-state index contributed by atoms with van der Waals surface area (Å²) in [7, 11) is 1.47. The first-order chi connectivity index (χ1) is 14.2. The Morgan fingerprint density at radius 1 is 1.07 bits per heavy atom. The lowest BCUT2D eigenvalue weighted by atomic mass is 10.0. The molecule has 0 radical (unpaired) electrons. The summed E-state index contributed by atoms with van der Waals surface area (Å²) in [5.74, 6) is 0.0126. The van der Waals surface area contributed by atoms with Crippen LogP contribution in [0.25, 0.3) is 11.4 Å². The number of hydrogen-bond donors (Lipinski definition) is 0. The Morgan fingerprint density at radius 3 is 2.40 bits per heavy atom. The maximum absolute atomic E-state index is 12.7. The number of nitrogens with zero attached hydrogens (tertiary/aromatic N) is 3. The summed E-state index contributed by atoms with van der Waals surface area (Å²) >= 11 is 0. The van der Waals surface area contributed by atoms with Crippen LogP contribution in [-0.2, 0) is 17.4 Å². The van der Waals surface area contributed by atoms with Gasteiger partial charge in [0, 0.05) is 18.6 Å². The zero-order valence-electron chi connectivity index (χ0n) is 16.2. The van der Waals surface area contributed by atoms with Crippen LogP contribution in [0.5, 0.6) is 5.88 Å². The highest BCUT2D eigenvalue weighted by Crippen LogP contribution is 2.29. The highest BCUT2D eigenvalue weighted by atomic mass is 19.4. The number of ketones is 1. The quantitative estimate of drug-likeness (QED) is 0.611. The molecule has 0 spiro atoms. The molecule has 156 valence electrons. The third-order valence-corrected chi connectivity index (χ3v) is 4.51. The molecule has 30 heavy (non-hydrogen) atoms. The number of pyridine rings is 1. The number of benzene rings is 1. The highest BCUT2D eigenvalue weighted by molar-refractivity contribution is 5.84. The number of halogens is 3. The van der Waals surface area contributed by atoms with Crippen molar-refractivity contribution in [1.29, 1.82) is 0 Å². The molecule has 1 unspecified atom stereocenters. The molecular weight excluding hydrogens is 399 g/mol. The lowest BCUT2D eigenvalue weighted by Gasteiger charge is -2.14. The van der Waals surface area contributed by atoms with Gasteiger partial charge in [0.15, 0.2) is 5.78 Å². The van der Waals surface area contributed by atoms with Crippen molar-refractivity contribution in [2.75, 3.05) is 7.11 Å². The molecule has 0 saturated heterocycles. The minimum atomic E-state index is -4.44. The van der Waals surface area contributed by atoms with Gasteiger partial charge in [0.2, 0.25) is 5.88 Å². The molecule has 0 amide bonds. The standard InChI is InChI=1S/C21H18F3N3O3/c1-13(18(28)12-14-6-8-15(9-7-14)21(22,23)24)27-20(29)11-10-17(26-27)16-4-3-5-19(25-16)30-2/h3-11,13H,12H2,1-2H3. The summed E-state index contributed by atoms with van der Waals surface area (Å²) in [5, 5.41) is 4.24. The Kier molecular flexibility index (Phi) is 6.00. The summed E-state index contributed by atoms with van der Waals surface area (Å²) in [6.07, 6.45) is -4.57. The molecule has 1 atom stereocenters. The number of aromatic nitrogens is 3. The van der Waals surface area contributed by atoms with Gasteiger partial charge in [-0.15, -0.1) is 0 Å². The van der Waals surface area contributed by atoms with Gasteiger partial charge in [-0.1, -0.05) is 18.2 Å². The lowest BCUT2D eigenvalue weighted by molar-refractivity contribution is -0.137. The van der Waals surface area contributed by atoms with E-state index in [0.717, 1.165) is 16.8 Å². The first-order valence-corrected chi connectivity index (χ1v) is 8.99. The van der Waals surface area contributed by atoms with Crippen LogP contribution in [0, 0.1) is 0 Å². The van der Waals surface area contributed by atoms with E-state index in [2.05, 4.69) is 10.1 Å². The number of methoxy groups -OCH3 is 1. The van der Waals surface area contributed by atoms with Crippen LogP contribution < -0.4 is 10.3 Å². The number of rotatable bonds is 6. The molecule has 0 aliphatic rings. The molecular formula is C21H18F3N3O3. The minimum absolute atomic E-state index is 0.130. The number of Topliss-reactive ketones (excluding diaryl/α,β-unsaturated/α-hetero) is 1. The van der Waals surface area contributed by atoms with Crippen LogP contribution in [0.1, 0.15) is 24.1 Å². The second-order valence-corrected chi connectivity index (χ2v) is 6.58. The maximum Gasteiger partial charge on any atom is 0.416 e. The fourth-order valence-electron chi connectivity index (χ4n) is 2.81. The van der Waals surface area contributed by atoms with Gasteiger partial charge in [0.25, 0.3) is 5.56 Å². The Hall–Kier alpha value is -3.49. The van der Waals surface area contributed by atoms with Crippen LogP contribution in [0.4, 0.5) is 13.2 Å². The van der Waals surface area contributed by atoms with Gasteiger partial charge in [-0.3, -0.25) is 9.59 Å². The normalized spacial score (nSPS) is 12.4. The number of hydrogen-bond acceptors (Lipinski definition) is 5. The first-order valence-electron chi connectivity index (χ1n) is 8.99. The van der Waals surface area contributed by atoms with Crippen molar-refractivity contribution >= 4 is 5.78 Å². The maximum atomic E-state index is 12.7. The molecule has 9 heteroatoms. The Labute approximate surface area is 170 Å². The van der Waals surface area contributed by atoms with Crippen molar-refractivity contribution < 1.29 is 22.7 Å². The topological polar surface area (TPSA) is 74.1 Å². The number of alkyl halides is 3. The van der Waals surface area contributed by atoms with Crippen LogP contribution in [-0.4, -0.2) is 27.7 Å². The van der Waals surface area contributed by atoms with Gasteiger partial charge in [0.05, 0.1) is 18.4 Å². The van der Waals surface area contributed by atoms with E-state index in [-0.39, 0.29) is 12.2 Å². The Morgan fingerprint density at radius 2 is 1.77 bits per heavy atom. The summed E-state index contributed by atoms with van der Waals surface area (Å²) in [6, 6.07) is 11.3. The third-order valence-electron chi connectivity index (χ3n) is 4.51. The van der Waals surface area contributed by atoms with Crippen molar-refractivity contribution in [1.82, 2.24) is 14.8 Å². The predicted octanol–water partition coefficient (Wildman–Crippen LogP) is 3.71. The third kappa shape index (κ3) is 4.73. The molecule has 3 rings (SSSR count). The fraction of sp³-hybridized carbons (Fsp3) is 0.238. The first kappa shape index (κ1) is 21.2. The van der Waals surface area contributed by atoms with Crippen molar-refractivity contribution in [3.63, 3.8) is 0 Å². The van der Waals surface area contributed by atoms with Crippen LogP contribution in [0.2, 0.25) is 0 Å². The minimum Gasteiger partial charge on any atom is -0.481 e. The average molecular weight is 417 g/mol. The molecule has 3 aromatic rings. The summed E-state index contributed by atoms with van der Waals surface area (Å²) in [6.45, 7) is 1.52. The van der Waals surface area contributed by atoms with Gasteiger partial charge in [-0.2, -0.15) is 18.3 Å². The average Bonchev–Trinajstić information content (AvgIpc) is 2.73. The lowest BCUT2D eigenvalue weighted by Crippen LogP contribution is -2.31. The van der Waals surface area contributed by atoms with Gasteiger partial charge >= 0.3 is 6.18 Å². The monoisotopic (exact) mass is 417 g/mol. The molecule has 0 aliphatic heterocycles. The zero-order chi connectivity index (χ0) is 21.9. The molecule has 0 fully saturated rings. The Bertz CT molecular complexity index is 1110. The van der Waals surface area contributed by atoms with Crippen LogP contribution >= 0.6 is 0 Å². The number of carbonyl (C=O) groups is 1. The van der Waals surface area contributed by atoms with Crippen molar-refractivity contribution in [2.24, 2.45) is 0 Å². The molecule has 0 bridgehead atoms. The van der Waals surface area contributed by atoms with E-state index in [1.807, 2.05) is 0 Å². The van der Waals surface area contributed by atoms with E-state index in [0.29, 0.717) is 22.8 Å². The number of ether oxygens (including phenoxy) is 1. The molecule has 1 aromatic carbocycles. The van der Waals surface area contributed by atoms with Crippen LogP contribution in [0.3, 0.4) is 0 Å². The second-order valence-electron chi connectivity index (χ2n) is 6.58. The van der Waals surface area contributed by atoms with E-state index < -0.39 is 23.3 Å². The van der Waals surface area contributed by atoms with E-state index in [9.17, 15) is 22.8 Å². The van der Waals surface area contributed by atoms with Crippen molar-refractivity contribution in [3.8, 4) is 17.3 Å². The van der Waals surface area contributed by atoms with Gasteiger partial charge in [-0.25, -0.2) is 9.67 Å². The van der Waals surface area contributed by atoms with E-state index in [1.165, 1.54) is 38.3 Å². The second kappa shape index (κ2) is 8.48. The fourth-order valence-corrected chi connectivity index (χ4v) is 2.81. The highest BCUT2D eigenvalue weighted by Gasteiger charge is 2.30. The smallest absolute Gasteiger partial charge is 0.416 e. The zero-order valence-corrected chi connectivity index (χ0v) is 16.2. The molecule has 6 nitrogen and oxygen atoms in total. The summed E-state index contributed by atoms with van der Waals surface area (Å²) < 4.78 is 44.2. The largest absolute Gasteiger partial charge is 0.481 e. The predicted molar refractivity (Wildman–Crippen MR) is 103 cm³/mol. The van der Waals surface area contributed by atoms with Gasteiger partial charge in [0.1, 0.15) is 11.7 Å². The van der Waals surface area contributed by atoms with E-state index in [4.69, 9.17) is 4.74 Å². The van der Waals surface area contributed by atoms with E-state index in [1.54, 1.807) is 18.2 Å². The van der Waals surface area contributed by atoms with Crippen LogP contribution in [0.15, 0.2) is 59.4 Å². The molecule has 0 saturated carbocycles. The van der Waals surface area contributed by atoms with Crippen molar-refractivity contribution in [3.05, 3.63) is 76.1 Å². The molecule has 2 aromatic heterocycles.